The zero-order valence-corrected chi connectivity index (χ0v) is 20.2. The average Bonchev–Trinajstić information content (AvgIpc) is 3.41. The van der Waals surface area contributed by atoms with Crippen LogP contribution in [0.2, 0.25) is 0 Å². The van der Waals surface area contributed by atoms with E-state index in [-0.39, 0.29) is 11.4 Å². The van der Waals surface area contributed by atoms with Crippen molar-refractivity contribution in [3.8, 4) is 16.9 Å². The van der Waals surface area contributed by atoms with Gasteiger partial charge in [0.25, 0.3) is 5.91 Å². The Labute approximate surface area is 202 Å². The summed E-state index contributed by atoms with van der Waals surface area (Å²) < 4.78 is 5.54. The summed E-state index contributed by atoms with van der Waals surface area (Å²) in [5.74, 6) is -0.994. The third-order valence-corrected chi connectivity index (χ3v) is 6.64. The summed E-state index contributed by atoms with van der Waals surface area (Å²) in [6, 6.07) is 15.4. The minimum absolute atomic E-state index is 0.0551. The topological polar surface area (TPSA) is 83.9 Å². The van der Waals surface area contributed by atoms with E-state index in [2.05, 4.69) is 0 Å². The highest BCUT2D eigenvalue weighted by Gasteiger charge is 2.47. The third kappa shape index (κ3) is 4.03. The fraction of sp³-hybridized carbons (Fsp3) is 0.222. The van der Waals surface area contributed by atoms with Gasteiger partial charge in [-0.15, -0.1) is 11.3 Å². The molecule has 1 amide bonds. The number of rotatable bonds is 6. The van der Waals surface area contributed by atoms with Crippen molar-refractivity contribution in [1.29, 1.82) is 0 Å². The molecule has 0 saturated heterocycles. The molecular weight excluding hydrogens is 450 g/mol. The number of nitrogens with zero attached hydrogens (tertiary/aromatic N) is 1. The van der Waals surface area contributed by atoms with Crippen LogP contribution < -0.4 is 9.64 Å². The molecule has 1 aromatic heterocycles. The number of carbonyl (C=O) groups is 3. The molecule has 1 unspecified atom stereocenters. The normalized spacial score (nSPS) is 16.2. The fourth-order valence-corrected chi connectivity index (χ4v) is 4.79. The summed E-state index contributed by atoms with van der Waals surface area (Å²) in [4.78, 5) is 39.8. The molecule has 0 aliphatic carbocycles. The molecular formula is C27H25NO5S. The van der Waals surface area contributed by atoms with Gasteiger partial charge in [0.1, 0.15) is 5.75 Å². The standard InChI is InChI=1S/C27H25NO5S/c1-27(2,3)25(31)22-23(20-7-5-6-8-21(20)33-4)28(26(32)24(22)30)18-11-9-16(10-12-18)17-13-19(14-29)34-15-17/h5-15,23,30H,1-4H3. The lowest BCUT2D eigenvalue weighted by molar-refractivity contribution is -0.123. The highest BCUT2D eigenvalue weighted by atomic mass is 32.1. The number of anilines is 1. The number of hydrogen-bond donors (Lipinski definition) is 1. The number of aliphatic hydroxyl groups is 1. The van der Waals surface area contributed by atoms with Crippen molar-refractivity contribution in [3.05, 3.63) is 81.8 Å². The van der Waals surface area contributed by atoms with E-state index in [0.717, 1.165) is 17.4 Å². The van der Waals surface area contributed by atoms with E-state index in [1.807, 2.05) is 23.6 Å². The number of carbonyl (C=O) groups excluding carboxylic acids is 3. The molecule has 0 bridgehead atoms. The second-order valence-corrected chi connectivity index (χ2v) is 10.0. The fourth-order valence-electron chi connectivity index (χ4n) is 4.07. The Hall–Kier alpha value is -3.71. The number of thiophene rings is 1. The molecule has 0 fully saturated rings. The molecule has 3 aromatic rings. The Morgan fingerprint density at radius 1 is 1.09 bits per heavy atom. The van der Waals surface area contributed by atoms with Crippen LogP contribution in [0.15, 0.2) is 71.3 Å². The number of methoxy groups -OCH3 is 1. The molecule has 0 spiro atoms. The van der Waals surface area contributed by atoms with Crippen LogP contribution in [0.4, 0.5) is 5.69 Å². The van der Waals surface area contributed by atoms with E-state index in [9.17, 15) is 19.5 Å². The lowest BCUT2D eigenvalue weighted by Gasteiger charge is -2.30. The Morgan fingerprint density at radius 2 is 1.76 bits per heavy atom. The van der Waals surface area contributed by atoms with E-state index >= 15 is 0 Å². The summed E-state index contributed by atoms with van der Waals surface area (Å²) in [6.07, 6.45) is 0.811. The van der Waals surface area contributed by atoms with E-state index in [4.69, 9.17) is 4.74 Å². The number of amides is 1. The Kier molecular flexibility index (Phi) is 6.15. The number of aldehydes is 1. The maximum absolute atomic E-state index is 13.4. The van der Waals surface area contributed by atoms with Crippen molar-refractivity contribution in [1.82, 2.24) is 0 Å². The van der Waals surface area contributed by atoms with Crippen LogP contribution in [-0.4, -0.2) is 30.2 Å². The molecule has 0 saturated carbocycles. The van der Waals surface area contributed by atoms with Gasteiger partial charge in [0.05, 0.1) is 23.6 Å². The van der Waals surface area contributed by atoms with Crippen molar-refractivity contribution in [3.63, 3.8) is 0 Å². The second-order valence-electron chi connectivity index (χ2n) is 9.06. The summed E-state index contributed by atoms with van der Waals surface area (Å²) in [6.45, 7) is 5.27. The Morgan fingerprint density at radius 3 is 2.35 bits per heavy atom. The van der Waals surface area contributed by atoms with Gasteiger partial charge < -0.3 is 9.84 Å². The maximum Gasteiger partial charge on any atom is 0.294 e. The van der Waals surface area contributed by atoms with Gasteiger partial charge in [-0.3, -0.25) is 19.3 Å². The number of hydrogen-bond acceptors (Lipinski definition) is 6. The zero-order chi connectivity index (χ0) is 24.6. The molecule has 4 rings (SSSR count). The molecule has 2 aromatic carbocycles. The molecule has 1 atom stereocenters. The number of aliphatic hydroxyl groups excluding tert-OH is 1. The Bertz CT molecular complexity index is 1300. The zero-order valence-electron chi connectivity index (χ0n) is 19.4. The summed E-state index contributed by atoms with van der Waals surface area (Å²) in [7, 11) is 1.53. The van der Waals surface area contributed by atoms with E-state index in [0.29, 0.717) is 21.9 Å². The van der Waals surface area contributed by atoms with Crippen molar-refractivity contribution in [2.75, 3.05) is 12.0 Å². The van der Waals surface area contributed by atoms with Crippen molar-refractivity contribution < 1.29 is 24.2 Å². The van der Waals surface area contributed by atoms with Crippen LogP contribution in [0, 0.1) is 5.41 Å². The highest BCUT2D eigenvalue weighted by Crippen LogP contribution is 2.46. The van der Waals surface area contributed by atoms with Gasteiger partial charge >= 0.3 is 0 Å². The molecule has 1 N–H and O–H groups in total. The predicted octanol–water partition coefficient (Wildman–Crippen LogP) is 5.75. The highest BCUT2D eigenvalue weighted by molar-refractivity contribution is 7.12. The number of benzene rings is 2. The van der Waals surface area contributed by atoms with E-state index < -0.39 is 23.1 Å². The van der Waals surface area contributed by atoms with Crippen LogP contribution in [0.25, 0.3) is 11.1 Å². The van der Waals surface area contributed by atoms with Crippen LogP contribution >= 0.6 is 11.3 Å². The first-order valence-electron chi connectivity index (χ1n) is 10.8. The predicted molar refractivity (Wildman–Crippen MR) is 132 cm³/mol. The minimum Gasteiger partial charge on any atom is -0.503 e. The first-order chi connectivity index (χ1) is 16.2. The molecule has 6 nitrogen and oxygen atoms in total. The van der Waals surface area contributed by atoms with Crippen LogP contribution in [-0.2, 0) is 9.59 Å². The first kappa shape index (κ1) is 23.4. The number of ketones is 1. The van der Waals surface area contributed by atoms with Crippen LogP contribution in [0.5, 0.6) is 5.75 Å². The number of para-hydroxylation sites is 1. The summed E-state index contributed by atoms with van der Waals surface area (Å²) in [5.41, 5.74) is 2.17. The quantitative estimate of drug-likeness (QED) is 0.459. The van der Waals surface area contributed by atoms with Crippen LogP contribution in [0.1, 0.15) is 42.0 Å². The average molecular weight is 476 g/mol. The lowest BCUT2D eigenvalue weighted by atomic mass is 9.82. The molecule has 7 heteroatoms. The molecule has 1 aliphatic rings. The molecule has 2 heterocycles. The van der Waals surface area contributed by atoms with Crippen molar-refractivity contribution >= 4 is 35.0 Å². The van der Waals surface area contributed by atoms with Crippen LogP contribution in [0.3, 0.4) is 0 Å². The number of Topliss-reactive ketones (excluding diaryl/α,β-unsaturated/α-hetero) is 1. The van der Waals surface area contributed by atoms with Gasteiger partial charge in [-0.2, -0.15) is 0 Å². The van der Waals surface area contributed by atoms with E-state index in [1.54, 1.807) is 57.2 Å². The maximum atomic E-state index is 13.4. The molecule has 1 aliphatic heterocycles. The second kappa shape index (κ2) is 8.91. The molecule has 174 valence electrons. The largest absolute Gasteiger partial charge is 0.503 e. The van der Waals surface area contributed by atoms with Gasteiger partial charge in [-0.05, 0) is 40.8 Å². The van der Waals surface area contributed by atoms with Gasteiger partial charge in [0.15, 0.2) is 17.8 Å². The number of ether oxygens (including phenoxy) is 1. The lowest BCUT2D eigenvalue weighted by Crippen LogP contribution is -2.33. The van der Waals surface area contributed by atoms with Gasteiger partial charge in [-0.25, -0.2) is 0 Å². The van der Waals surface area contributed by atoms with Crippen molar-refractivity contribution in [2.45, 2.75) is 26.8 Å². The van der Waals surface area contributed by atoms with Gasteiger partial charge in [0, 0.05) is 16.7 Å². The third-order valence-electron chi connectivity index (χ3n) is 5.78. The minimum atomic E-state index is -0.843. The summed E-state index contributed by atoms with van der Waals surface area (Å²) in [5, 5.41) is 12.8. The van der Waals surface area contributed by atoms with Gasteiger partial charge in [-0.1, -0.05) is 51.1 Å². The molecule has 0 radical (unpaired) electrons. The Balaban J connectivity index is 1.83. The smallest absolute Gasteiger partial charge is 0.294 e. The molecule has 34 heavy (non-hydrogen) atoms. The van der Waals surface area contributed by atoms with E-state index in [1.165, 1.54) is 23.3 Å². The SMILES string of the molecule is COc1ccccc1C1C(C(=O)C(C)(C)C)=C(O)C(=O)N1c1ccc(-c2csc(C=O)c2)cc1. The van der Waals surface area contributed by atoms with Crippen molar-refractivity contribution in [2.24, 2.45) is 5.41 Å². The summed E-state index contributed by atoms with van der Waals surface area (Å²) >= 11 is 1.36. The van der Waals surface area contributed by atoms with Gasteiger partial charge in [0.2, 0.25) is 0 Å². The first-order valence-corrected chi connectivity index (χ1v) is 11.6. The monoisotopic (exact) mass is 475 g/mol.